The maximum Gasteiger partial charge on any atom is 0.223 e. The SMILES string of the molecule is CCOc1ccc(C2CCN(c3ccc([C@H](C)NC(=O)C4CC4)cc3)CC2)cc1. The van der Waals surface area contributed by atoms with Crippen LogP contribution in [0.5, 0.6) is 5.75 Å². The molecule has 1 N–H and O–H groups in total. The molecule has 2 aromatic rings. The Labute approximate surface area is 174 Å². The highest BCUT2D eigenvalue weighted by Crippen LogP contribution is 2.32. The van der Waals surface area contributed by atoms with E-state index in [9.17, 15) is 4.79 Å². The van der Waals surface area contributed by atoms with E-state index in [1.807, 2.05) is 6.92 Å². The molecule has 0 unspecified atom stereocenters. The second kappa shape index (κ2) is 8.89. The molecule has 1 saturated heterocycles. The van der Waals surface area contributed by atoms with Crippen LogP contribution in [0.2, 0.25) is 0 Å². The normalized spacial score (nSPS) is 18.3. The van der Waals surface area contributed by atoms with E-state index >= 15 is 0 Å². The van der Waals surface area contributed by atoms with Crippen LogP contribution in [0.25, 0.3) is 0 Å². The number of hydrogen-bond acceptors (Lipinski definition) is 3. The Balaban J connectivity index is 1.30. The number of carbonyl (C=O) groups is 1. The molecule has 1 aliphatic heterocycles. The van der Waals surface area contributed by atoms with Gasteiger partial charge in [0.2, 0.25) is 5.91 Å². The molecule has 29 heavy (non-hydrogen) atoms. The molecule has 0 radical (unpaired) electrons. The van der Waals surface area contributed by atoms with E-state index in [1.165, 1.54) is 29.7 Å². The minimum absolute atomic E-state index is 0.0718. The predicted octanol–water partition coefficient (Wildman–Crippen LogP) is 5.06. The minimum Gasteiger partial charge on any atom is -0.494 e. The van der Waals surface area contributed by atoms with Gasteiger partial charge in [0.25, 0.3) is 0 Å². The molecule has 154 valence electrons. The van der Waals surface area contributed by atoms with E-state index in [1.54, 1.807) is 0 Å². The zero-order valence-electron chi connectivity index (χ0n) is 17.6. The van der Waals surface area contributed by atoms with Gasteiger partial charge in [0, 0.05) is 24.7 Å². The van der Waals surface area contributed by atoms with Gasteiger partial charge in [-0.2, -0.15) is 0 Å². The molecule has 2 fully saturated rings. The highest BCUT2D eigenvalue weighted by Gasteiger charge is 2.30. The van der Waals surface area contributed by atoms with E-state index in [-0.39, 0.29) is 17.9 Å². The molecule has 1 atom stereocenters. The van der Waals surface area contributed by atoms with Crippen LogP contribution in [-0.4, -0.2) is 25.6 Å². The van der Waals surface area contributed by atoms with Crippen molar-refractivity contribution in [3.63, 3.8) is 0 Å². The Morgan fingerprint density at radius 2 is 1.69 bits per heavy atom. The van der Waals surface area contributed by atoms with Gasteiger partial charge in [0.1, 0.15) is 5.75 Å². The van der Waals surface area contributed by atoms with Crippen molar-refractivity contribution in [3.8, 4) is 5.75 Å². The van der Waals surface area contributed by atoms with E-state index in [0.717, 1.165) is 31.7 Å². The summed E-state index contributed by atoms with van der Waals surface area (Å²) in [7, 11) is 0. The van der Waals surface area contributed by atoms with E-state index in [4.69, 9.17) is 4.74 Å². The van der Waals surface area contributed by atoms with Crippen LogP contribution in [0.4, 0.5) is 5.69 Å². The van der Waals surface area contributed by atoms with Crippen molar-refractivity contribution in [2.24, 2.45) is 5.92 Å². The Bertz CT molecular complexity index is 804. The summed E-state index contributed by atoms with van der Waals surface area (Å²) in [6.45, 7) is 6.94. The van der Waals surface area contributed by atoms with Gasteiger partial charge < -0.3 is 15.0 Å². The van der Waals surface area contributed by atoms with Gasteiger partial charge >= 0.3 is 0 Å². The number of amides is 1. The van der Waals surface area contributed by atoms with Crippen LogP contribution in [0.3, 0.4) is 0 Å². The standard InChI is InChI=1S/C25H32N2O2/c1-3-29-24-12-8-20(9-13-24)21-14-16-27(17-15-21)23-10-6-19(7-11-23)18(2)26-25(28)22-4-5-22/h6-13,18,21-22H,3-5,14-17H2,1-2H3,(H,26,28)/t18-/m0/s1. The Morgan fingerprint density at radius 3 is 2.28 bits per heavy atom. The van der Waals surface area contributed by atoms with Crippen molar-refractivity contribution >= 4 is 11.6 Å². The van der Waals surface area contributed by atoms with Gasteiger partial charge in [-0.1, -0.05) is 24.3 Å². The molecule has 4 rings (SSSR count). The molecule has 4 nitrogen and oxygen atoms in total. The molecule has 4 heteroatoms. The van der Waals surface area contributed by atoms with E-state index in [0.29, 0.717) is 12.5 Å². The summed E-state index contributed by atoms with van der Waals surface area (Å²) in [5.74, 6) is 2.04. The molecular formula is C25H32N2O2. The van der Waals surface area contributed by atoms with Crippen LogP contribution < -0.4 is 15.0 Å². The van der Waals surface area contributed by atoms with E-state index < -0.39 is 0 Å². The number of anilines is 1. The van der Waals surface area contributed by atoms with Crippen molar-refractivity contribution in [2.75, 3.05) is 24.6 Å². The molecule has 1 saturated carbocycles. The molecular weight excluding hydrogens is 360 g/mol. The monoisotopic (exact) mass is 392 g/mol. The summed E-state index contributed by atoms with van der Waals surface area (Å²) in [5, 5.41) is 3.13. The van der Waals surface area contributed by atoms with Gasteiger partial charge in [-0.3, -0.25) is 4.79 Å². The first kappa shape index (κ1) is 19.8. The first-order valence-electron chi connectivity index (χ1n) is 11.0. The van der Waals surface area contributed by atoms with Gasteiger partial charge in [-0.05, 0) is 80.8 Å². The number of nitrogens with one attached hydrogen (secondary N) is 1. The number of nitrogens with zero attached hydrogens (tertiary/aromatic N) is 1. The summed E-state index contributed by atoms with van der Waals surface area (Å²) in [5.41, 5.74) is 3.87. The third kappa shape index (κ3) is 4.92. The number of carbonyl (C=O) groups excluding carboxylic acids is 1. The average molecular weight is 393 g/mol. The smallest absolute Gasteiger partial charge is 0.223 e. The first-order valence-corrected chi connectivity index (χ1v) is 11.0. The third-order valence-electron chi connectivity index (χ3n) is 6.22. The lowest BCUT2D eigenvalue weighted by molar-refractivity contribution is -0.122. The fourth-order valence-electron chi connectivity index (χ4n) is 4.21. The minimum atomic E-state index is 0.0718. The topological polar surface area (TPSA) is 41.6 Å². The number of hydrogen-bond donors (Lipinski definition) is 1. The van der Waals surface area contributed by atoms with Crippen molar-refractivity contribution in [1.82, 2.24) is 5.32 Å². The third-order valence-corrected chi connectivity index (χ3v) is 6.22. The van der Waals surface area contributed by atoms with Crippen LogP contribution in [-0.2, 0) is 4.79 Å². The summed E-state index contributed by atoms with van der Waals surface area (Å²) in [4.78, 5) is 14.5. The number of piperidine rings is 1. The number of rotatable bonds is 7. The highest BCUT2D eigenvalue weighted by atomic mass is 16.5. The number of benzene rings is 2. The summed E-state index contributed by atoms with van der Waals surface area (Å²) >= 11 is 0. The van der Waals surface area contributed by atoms with Crippen LogP contribution in [0.1, 0.15) is 62.6 Å². The Morgan fingerprint density at radius 1 is 1.03 bits per heavy atom. The maximum atomic E-state index is 12.0. The summed E-state index contributed by atoms with van der Waals surface area (Å²) in [6.07, 6.45) is 4.43. The maximum absolute atomic E-state index is 12.0. The van der Waals surface area contributed by atoms with Crippen LogP contribution in [0.15, 0.2) is 48.5 Å². The zero-order chi connectivity index (χ0) is 20.2. The molecule has 2 aromatic carbocycles. The lowest BCUT2D eigenvalue weighted by Gasteiger charge is -2.34. The molecule has 1 amide bonds. The Hall–Kier alpha value is -2.49. The van der Waals surface area contributed by atoms with Gasteiger partial charge in [-0.15, -0.1) is 0 Å². The van der Waals surface area contributed by atoms with Crippen molar-refractivity contribution in [1.29, 1.82) is 0 Å². The molecule has 0 bridgehead atoms. The zero-order valence-corrected chi connectivity index (χ0v) is 17.6. The fraction of sp³-hybridized carbons (Fsp3) is 0.480. The molecule has 0 aromatic heterocycles. The van der Waals surface area contributed by atoms with Crippen molar-refractivity contribution < 1.29 is 9.53 Å². The van der Waals surface area contributed by atoms with Crippen molar-refractivity contribution in [2.45, 2.75) is 51.5 Å². The first-order chi connectivity index (χ1) is 14.1. The van der Waals surface area contributed by atoms with Gasteiger partial charge in [-0.25, -0.2) is 0 Å². The van der Waals surface area contributed by atoms with Crippen LogP contribution >= 0.6 is 0 Å². The average Bonchev–Trinajstić information content (AvgIpc) is 3.60. The Kier molecular flexibility index (Phi) is 6.08. The van der Waals surface area contributed by atoms with Crippen molar-refractivity contribution in [3.05, 3.63) is 59.7 Å². The highest BCUT2D eigenvalue weighted by molar-refractivity contribution is 5.81. The molecule has 0 spiro atoms. The second-order valence-corrected chi connectivity index (χ2v) is 8.36. The molecule has 1 heterocycles. The predicted molar refractivity (Wildman–Crippen MR) is 118 cm³/mol. The fourth-order valence-corrected chi connectivity index (χ4v) is 4.21. The largest absolute Gasteiger partial charge is 0.494 e. The lowest BCUT2D eigenvalue weighted by atomic mass is 9.89. The quantitative estimate of drug-likeness (QED) is 0.716. The summed E-state index contributed by atoms with van der Waals surface area (Å²) < 4.78 is 5.55. The van der Waals surface area contributed by atoms with Crippen LogP contribution in [0, 0.1) is 5.92 Å². The van der Waals surface area contributed by atoms with Gasteiger partial charge in [0.05, 0.1) is 12.6 Å². The summed E-state index contributed by atoms with van der Waals surface area (Å²) in [6, 6.07) is 17.4. The van der Waals surface area contributed by atoms with E-state index in [2.05, 4.69) is 65.7 Å². The molecule has 1 aliphatic carbocycles. The number of ether oxygens (including phenoxy) is 1. The second-order valence-electron chi connectivity index (χ2n) is 8.36. The molecule has 2 aliphatic rings. The van der Waals surface area contributed by atoms with Gasteiger partial charge in [0.15, 0.2) is 0 Å². The lowest BCUT2D eigenvalue weighted by Crippen LogP contribution is -2.33.